The van der Waals surface area contributed by atoms with Crippen LogP contribution in [0.3, 0.4) is 0 Å². The van der Waals surface area contributed by atoms with Crippen LogP contribution >= 0.6 is 0 Å². The zero-order valence-electron chi connectivity index (χ0n) is 13.8. The molecule has 1 aromatic heterocycles. The SMILES string of the molecule is CCS(=O)(=O)CCNC(=O)c1nnn(-c2cccc(F)c2)c1C1CC1. The molecule has 134 valence electrons. The second kappa shape index (κ2) is 6.91. The van der Waals surface area contributed by atoms with Crippen molar-refractivity contribution in [3.05, 3.63) is 41.5 Å². The van der Waals surface area contributed by atoms with Gasteiger partial charge >= 0.3 is 0 Å². The number of benzene rings is 1. The summed E-state index contributed by atoms with van der Waals surface area (Å²) in [6.45, 7) is 1.58. The normalized spacial score (nSPS) is 14.5. The minimum atomic E-state index is -3.15. The highest BCUT2D eigenvalue weighted by Crippen LogP contribution is 2.41. The predicted octanol–water partition coefficient (Wildman–Crippen LogP) is 1.45. The summed E-state index contributed by atoms with van der Waals surface area (Å²) in [6.07, 6.45) is 1.82. The van der Waals surface area contributed by atoms with E-state index in [-0.39, 0.29) is 29.7 Å². The molecular weight excluding hydrogens is 347 g/mol. The topological polar surface area (TPSA) is 93.9 Å². The average Bonchev–Trinajstić information content (AvgIpc) is 3.32. The summed E-state index contributed by atoms with van der Waals surface area (Å²) in [7, 11) is -3.15. The number of hydrogen-bond donors (Lipinski definition) is 1. The molecule has 7 nitrogen and oxygen atoms in total. The summed E-state index contributed by atoms with van der Waals surface area (Å²) in [5.41, 5.74) is 1.31. The van der Waals surface area contributed by atoms with Crippen LogP contribution in [0, 0.1) is 5.82 Å². The molecule has 9 heteroatoms. The molecule has 1 aromatic carbocycles. The first kappa shape index (κ1) is 17.5. The van der Waals surface area contributed by atoms with Crippen LogP contribution < -0.4 is 5.32 Å². The lowest BCUT2D eigenvalue weighted by Gasteiger charge is -2.08. The van der Waals surface area contributed by atoms with Crippen LogP contribution in [0.15, 0.2) is 24.3 Å². The van der Waals surface area contributed by atoms with E-state index in [0.29, 0.717) is 11.4 Å². The molecule has 2 aromatic rings. The van der Waals surface area contributed by atoms with Crippen LogP contribution in [0.25, 0.3) is 5.69 Å². The first-order valence-electron chi connectivity index (χ1n) is 8.11. The van der Waals surface area contributed by atoms with Crippen LogP contribution in [0.1, 0.15) is 41.9 Å². The monoisotopic (exact) mass is 366 g/mol. The molecule has 3 rings (SSSR count). The maximum Gasteiger partial charge on any atom is 0.273 e. The second-order valence-electron chi connectivity index (χ2n) is 5.98. The van der Waals surface area contributed by atoms with Crippen LogP contribution in [-0.2, 0) is 9.84 Å². The van der Waals surface area contributed by atoms with E-state index in [1.54, 1.807) is 19.1 Å². The van der Waals surface area contributed by atoms with Crippen LogP contribution in [0.5, 0.6) is 0 Å². The van der Waals surface area contributed by atoms with Crippen molar-refractivity contribution >= 4 is 15.7 Å². The molecule has 1 heterocycles. The highest BCUT2D eigenvalue weighted by molar-refractivity contribution is 7.91. The number of nitrogens with zero attached hydrogens (tertiary/aromatic N) is 3. The molecule has 0 spiro atoms. The van der Waals surface area contributed by atoms with Crippen molar-refractivity contribution in [3.8, 4) is 5.69 Å². The second-order valence-corrected chi connectivity index (χ2v) is 8.45. The van der Waals surface area contributed by atoms with Gasteiger partial charge in [0.2, 0.25) is 0 Å². The third-order valence-electron chi connectivity index (χ3n) is 4.08. The van der Waals surface area contributed by atoms with Crippen LogP contribution in [0.2, 0.25) is 0 Å². The minimum Gasteiger partial charge on any atom is -0.350 e. The highest BCUT2D eigenvalue weighted by atomic mass is 32.2. The van der Waals surface area contributed by atoms with Gasteiger partial charge in [0.05, 0.1) is 17.1 Å². The maximum absolute atomic E-state index is 13.5. The zero-order chi connectivity index (χ0) is 18.0. The quantitative estimate of drug-likeness (QED) is 0.800. The molecule has 1 N–H and O–H groups in total. The van der Waals surface area contributed by atoms with Gasteiger partial charge in [-0.25, -0.2) is 17.5 Å². The van der Waals surface area contributed by atoms with Gasteiger partial charge < -0.3 is 5.32 Å². The fraction of sp³-hybridized carbons (Fsp3) is 0.438. The van der Waals surface area contributed by atoms with Crippen molar-refractivity contribution in [2.45, 2.75) is 25.7 Å². The van der Waals surface area contributed by atoms with Gasteiger partial charge in [-0.1, -0.05) is 18.2 Å². The molecule has 0 bridgehead atoms. The third-order valence-corrected chi connectivity index (χ3v) is 5.78. The Morgan fingerprint density at radius 3 is 2.80 bits per heavy atom. The molecule has 1 amide bonds. The summed E-state index contributed by atoms with van der Waals surface area (Å²) in [5.74, 6) is -0.794. The molecule has 25 heavy (non-hydrogen) atoms. The van der Waals surface area contributed by atoms with Gasteiger partial charge in [0, 0.05) is 18.2 Å². The Balaban J connectivity index is 1.81. The van der Waals surface area contributed by atoms with Gasteiger partial charge in [0.15, 0.2) is 15.5 Å². The summed E-state index contributed by atoms with van der Waals surface area (Å²) in [4.78, 5) is 12.4. The zero-order valence-corrected chi connectivity index (χ0v) is 14.6. The van der Waals surface area contributed by atoms with Gasteiger partial charge in [-0.3, -0.25) is 4.79 Å². The summed E-state index contributed by atoms with van der Waals surface area (Å²) in [6, 6.07) is 5.92. The summed E-state index contributed by atoms with van der Waals surface area (Å²) >= 11 is 0. The van der Waals surface area contributed by atoms with E-state index in [9.17, 15) is 17.6 Å². The first-order valence-corrected chi connectivity index (χ1v) is 9.93. The maximum atomic E-state index is 13.5. The van der Waals surface area contributed by atoms with Crippen molar-refractivity contribution in [2.75, 3.05) is 18.1 Å². The summed E-state index contributed by atoms with van der Waals surface area (Å²) in [5, 5.41) is 10.5. The Labute approximate surface area is 145 Å². The lowest BCUT2D eigenvalue weighted by molar-refractivity contribution is 0.0950. The van der Waals surface area contributed by atoms with E-state index < -0.39 is 21.6 Å². The van der Waals surface area contributed by atoms with E-state index in [1.165, 1.54) is 16.8 Å². The molecule has 1 aliphatic carbocycles. The van der Waals surface area contributed by atoms with E-state index in [0.717, 1.165) is 12.8 Å². The summed E-state index contributed by atoms with van der Waals surface area (Å²) < 4.78 is 38.0. The minimum absolute atomic E-state index is 0.0198. The van der Waals surface area contributed by atoms with Gasteiger partial charge in [-0.2, -0.15) is 0 Å². The molecule has 0 saturated heterocycles. The Kier molecular flexibility index (Phi) is 4.85. The average molecular weight is 366 g/mol. The van der Waals surface area contributed by atoms with Gasteiger partial charge in [0.1, 0.15) is 5.82 Å². The molecule has 1 aliphatic rings. The predicted molar refractivity (Wildman–Crippen MR) is 90.0 cm³/mol. The Hall–Kier alpha value is -2.29. The number of hydrogen-bond acceptors (Lipinski definition) is 5. The third kappa shape index (κ3) is 4.04. The van der Waals surface area contributed by atoms with Crippen molar-refractivity contribution < 1.29 is 17.6 Å². The van der Waals surface area contributed by atoms with E-state index >= 15 is 0 Å². The number of carbonyl (C=O) groups is 1. The number of nitrogens with one attached hydrogen (secondary N) is 1. The standard InChI is InChI=1S/C16H19FN4O3S/c1-2-25(23,24)9-8-18-16(22)14-15(11-6-7-11)21(20-19-14)13-5-3-4-12(17)10-13/h3-5,10-11H,2,6-9H2,1H3,(H,18,22). The van der Waals surface area contributed by atoms with Crippen molar-refractivity contribution in [3.63, 3.8) is 0 Å². The smallest absolute Gasteiger partial charge is 0.273 e. The Bertz CT molecular complexity index is 891. The number of halogens is 1. The van der Waals surface area contributed by atoms with Crippen molar-refractivity contribution in [2.24, 2.45) is 0 Å². The molecule has 1 saturated carbocycles. The molecule has 0 aliphatic heterocycles. The van der Waals surface area contributed by atoms with Crippen LogP contribution in [0.4, 0.5) is 4.39 Å². The lowest BCUT2D eigenvalue weighted by atomic mass is 10.2. The molecule has 0 unspecified atom stereocenters. The number of carbonyl (C=O) groups excluding carboxylic acids is 1. The van der Waals surface area contributed by atoms with Crippen molar-refractivity contribution in [1.29, 1.82) is 0 Å². The number of rotatable bonds is 7. The molecule has 1 fully saturated rings. The Morgan fingerprint density at radius 2 is 2.16 bits per heavy atom. The molecule has 0 atom stereocenters. The fourth-order valence-electron chi connectivity index (χ4n) is 2.52. The van der Waals surface area contributed by atoms with Gasteiger partial charge in [0.25, 0.3) is 5.91 Å². The lowest BCUT2D eigenvalue weighted by Crippen LogP contribution is -2.30. The Morgan fingerprint density at radius 1 is 1.40 bits per heavy atom. The highest BCUT2D eigenvalue weighted by Gasteiger charge is 2.34. The number of sulfone groups is 1. The molecule has 0 radical (unpaired) electrons. The van der Waals surface area contributed by atoms with E-state index in [1.807, 2.05) is 0 Å². The number of amides is 1. The van der Waals surface area contributed by atoms with Crippen LogP contribution in [-0.4, -0.2) is 47.4 Å². The van der Waals surface area contributed by atoms with Gasteiger partial charge in [-0.05, 0) is 31.0 Å². The van der Waals surface area contributed by atoms with E-state index in [2.05, 4.69) is 15.6 Å². The van der Waals surface area contributed by atoms with E-state index in [4.69, 9.17) is 0 Å². The first-order chi connectivity index (χ1) is 11.9. The number of aromatic nitrogens is 3. The largest absolute Gasteiger partial charge is 0.350 e. The fourth-order valence-corrected chi connectivity index (χ4v) is 3.22. The molecular formula is C16H19FN4O3S. The van der Waals surface area contributed by atoms with Crippen molar-refractivity contribution in [1.82, 2.24) is 20.3 Å². The van der Waals surface area contributed by atoms with Gasteiger partial charge in [-0.15, -0.1) is 5.10 Å².